The van der Waals surface area contributed by atoms with Gasteiger partial charge in [0.1, 0.15) is 0 Å². The van der Waals surface area contributed by atoms with Crippen LogP contribution in [-0.4, -0.2) is 67.1 Å². The van der Waals surface area contributed by atoms with Gasteiger partial charge in [0.05, 0.1) is 12.7 Å². The van der Waals surface area contributed by atoms with Crippen molar-refractivity contribution in [1.29, 1.82) is 0 Å². The Morgan fingerprint density at radius 3 is 2.41 bits per heavy atom. The third kappa shape index (κ3) is 6.23. The molecule has 0 aliphatic heterocycles. The van der Waals surface area contributed by atoms with Crippen LogP contribution >= 0.6 is 0 Å². The summed E-state index contributed by atoms with van der Waals surface area (Å²) in [5, 5.41) is 13.6. The summed E-state index contributed by atoms with van der Waals surface area (Å²) in [7, 11) is 2.48. The molecule has 22 heavy (non-hydrogen) atoms. The quantitative estimate of drug-likeness (QED) is 0.439. The van der Waals surface area contributed by atoms with Crippen molar-refractivity contribution in [1.82, 2.24) is 5.32 Å². The van der Waals surface area contributed by atoms with Gasteiger partial charge in [-0.3, -0.25) is 0 Å². The van der Waals surface area contributed by atoms with Crippen molar-refractivity contribution in [2.45, 2.75) is 50.8 Å². The highest BCUT2D eigenvalue weighted by Crippen LogP contribution is 2.30. The molecule has 3 atom stereocenters. The van der Waals surface area contributed by atoms with Gasteiger partial charge in [0.15, 0.2) is 0 Å². The molecule has 0 aromatic carbocycles. The van der Waals surface area contributed by atoms with Crippen LogP contribution in [0.4, 0.5) is 0 Å². The maximum atomic E-state index is 10.1. The summed E-state index contributed by atoms with van der Waals surface area (Å²) < 4.78 is 21.8. The number of rotatable bonds is 11. The van der Waals surface area contributed by atoms with Crippen molar-refractivity contribution < 1.29 is 23.1 Å². The van der Waals surface area contributed by atoms with E-state index < -0.39 is 8.80 Å². The molecule has 0 radical (unpaired) electrons. The largest absolute Gasteiger partial charge is 0.500 e. The summed E-state index contributed by atoms with van der Waals surface area (Å²) in [5.74, 6) is 0.570. The second-order valence-corrected chi connectivity index (χ2v) is 8.93. The van der Waals surface area contributed by atoms with Crippen LogP contribution in [0.15, 0.2) is 0 Å². The average molecular weight is 336 g/mol. The topological polar surface area (TPSA) is 69.2 Å². The Kier molecular flexibility index (Phi) is 9.73. The molecule has 7 heteroatoms. The first-order valence-corrected chi connectivity index (χ1v) is 10.2. The van der Waals surface area contributed by atoms with Crippen LogP contribution in [0.1, 0.15) is 32.6 Å². The van der Waals surface area contributed by atoms with E-state index in [4.69, 9.17) is 18.0 Å². The first-order chi connectivity index (χ1) is 10.6. The van der Waals surface area contributed by atoms with Crippen molar-refractivity contribution in [3.63, 3.8) is 0 Å². The van der Waals surface area contributed by atoms with E-state index in [2.05, 4.69) is 5.32 Å². The number of aliphatic hydroxyl groups is 1. The van der Waals surface area contributed by atoms with Crippen LogP contribution in [0, 0.1) is 5.92 Å². The molecule has 132 valence electrons. The molecule has 0 saturated heterocycles. The molecule has 0 amide bonds. The summed E-state index contributed by atoms with van der Waals surface area (Å²) >= 11 is 0. The van der Waals surface area contributed by atoms with E-state index in [0.717, 1.165) is 44.9 Å². The summed E-state index contributed by atoms with van der Waals surface area (Å²) in [4.78, 5) is 0. The fraction of sp³-hybridized carbons (Fsp3) is 1.00. The lowest BCUT2D eigenvalue weighted by Gasteiger charge is -2.35. The van der Waals surface area contributed by atoms with Crippen LogP contribution in [0.2, 0.25) is 6.04 Å². The first-order valence-electron chi connectivity index (χ1n) is 8.25. The standard InChI is InChI=1S/C15H33NO5Si/c1-5-21-10-9-16-14-12-13(6-7-15(14)17)8-11-22(18-2,19-3)20-4/h13-17H,5-12H2,1-4H3. The Morgan fingerprint density at radius 2 is 1.82 bits per heavy atom. The van der Waals surface area contributed by atoms with Gasteiger partial charge < -0.3 is 28.4 Å². The Morgan fingerprint density at radius 1 is 1.14 bits per heavy atom. The Labute approximate surface area is 135 Å². The molecule has 0 bridgehead atoms. The molecule has 1 rings (SSSR count). The zero-order valence-corrected chi connectivity index (χ0v) is 15.5. The molecule has 1 aliphatic rings. The predicted molar refractivity (Wildman–Crippen MR) is 87.8 cm³/mol. The first kappa shape index (κ1) is 20.0. The maximum absolute atomic E-state index is 10.1. The molecule has 1 aliphatic carbocycles. The fourth-order valence-electron chi connectivity index (χ4n) is 3.12. The second kappa shape index (κ2) is 10.7. The van der Waals surface area contributed by atoms with Crippen molar-refractivity contribution in [3.8, 4) is 0 Å². The van der Waals surface area contributed by atoms with Crippen LogP contribution in [-0.2, 0) is 18.0 Å². The van der Waals surface area contributed by atoms with Crippen molar-refractivity contribution >= 4 is 8.80 Å². The summed E-state index contributed by atoms with van der Waals surface area (Å²) in [6.45, 7) is 4.20. The highest BCUT2D eigenvalue weighted by Gasteiger charge is 2.39. The zero-order valence-electron chi connectivity index (χ0n) is 14.5. The Bertz CT molecular complexity index is 283. The molecular formula is C15H33NO5Si. The van der Waals surface area contributed by atoms with Gasteiger partial charge in [-0.05, 0) is 38.5 Å². The van der Waals surface area contributed by atoms with E-state index in [-0.39, 0.29) is 12.1 Å². The minimum atomic E-state index is -2.48. The predicted octanol–water partition coefficient (Wildman–Crippen LogP) is 1.41. The van der Waals surface area contributed by atoms with Gasteiger partial charge in [-0.2, -0.15) is 0 Å². The van der Waals surface area contributed by atoms with E-state index in [1.54, 1.807) is 21.3 Å². The molecule has 0 spiro atoms. The summed E-state index contributed by atoms with van der Waals surface area (Å²) in [6.07, 6.45) is 3.63. The van der Waals surface area contributed by atoms with Crippen LogP contribution in [0.25, 0.3) is 0 Å². The second-order valence-electron chi connectivity index (χ2n) is 5.84. The molecule has 0 aromatic rings. The lowest BCUT2D eigenvalue weighted by Crippen LogP contribution is -2.47. The molecule has 0 heterocycles. The van der Waals surface area contributed by atoms with E-state index in [0.29, 0.717) is 12.5 Å². The lowest BCUT2D eigenvalue weighted by molar-refractivity contribution is 0.0603. The third-order valence-electron chi connectivity index (χ3n) is 4.57. The summed E-state index contributed by atoms with van der Waals surface area (Å²) in [5.41, 5.74) is 0. The Balaban J connectivity index is 2.38. The van der Waals surface area contributed by atoms with Crippen LogP contribution in [0.5, 0.6) is 0 Å². The summed E-state index contributed by atoms with van der Waals surface area (Å²) in [6, 6.07) is 0.978. The van der Waals surface area contributed by atoms with Gasteiger partial charge in [-0.1, -0.05) is 0 Å². The molecule has 1 saturated carbocycles. The normalized spacial score (nSPS) is 26.3. The van der Waals surface area contributed by atoms with Crippen molar-refractivity contribution in [3.05, 3.63) is 0 Å². The lowest BCUT2D eigenvalue weighted by atomic mass is 9.82. The minimum absolute atomic E-state index is 0.155. The SMILES string of the molecule is CCOCCNC1CC(CC[Si](OC)(OC)OC)CCC1O. The monoisotopic (exact) mass is 335 g/mol. The minimum Gasteiger partial charge on any atom is -0.392 e. The van der Waals surface area contributed by atoms with Gasteiger partial charge in [-0.25, -0.2) is 0 Å². The molecule has 0 aromatic heterocycles. The number of aliphatic hydroxyl groups excluding tert-OH is 1. The van der Waals surface area contributed by atoms with Gasteiger partial charge in [-0.15, -0.1) is 0 Å². The average Bonchev–Trinajstić information content (AvgIpc) is 2.55. The van der Waals surface area contributed by atoms with E-state index in [9.17, 15) is 5.11 Å². The van der Waals surface area contributed by atoms with Crippen molar-refractivity contribution in [2.24, 2.45) is 5.92 Å². The molecular weight excluding hydrogens is 302 g/mol. The third-order valence-corrected chi connectivity index (χ3v) is 7.34. The van der Waals surface area contributed by atoms with Gasteiger partial charge in [0, 0.05) is 46.6 Å². The number of ether oxygens (including phenoxy) is 1. The van der Waals surface area contributed by atoms with Gasteiger partial charge in [0.25, 0.3) is 0 Å². The molecule has 1 fully saturated rings. The smallest absolute Gasteiger partial charge is 0.392 e. The number of hydrogen-bond donors (Lipinski definition) is 2. The van der Waals surface area contributed by atoms with Crippen LogP contribution in [0.3, 0.4) is 0 Å². The number of hydrogen-bond acceptors (Lipinski definition) is 6. The van der Waals surface area contributed by atoms with Gasteiger partial charge >= 0.3 is 8.80 Å². The highest BCUT2D eigenvalue weighted by molar-refractivity contribution is 6.60. The molecule has 6 nitrogen and oxygen atoms in total. The fourth-order valence-corrected chi connectivity index (χ4v) is 5.00. The van der Waals surface area contributed by atoms with E-state index >= 15 is 0 Å². The highest BCUT2D eigenvalue weighted by atomic mass is 28.4. The Hall–Kier alpha value is -0.0231. The van der Waals surface area contributed by atoms with Gasteiger partial charge in [0.2, 0.25) is 0 Å². The molecule has 3 unspecified atom stereocenters. The number of nitrogens with one attached hydrogen (secondary N) is 1. The van der Waals surface area contributed by atoms with E-state index in [1.165, 1.54) is 0 Å². The maximum Gasteiger partial charge on any atom is 0.500 e. The van der Waals surface area contributed by atoms with Crippen molar-refractivity contribution in [2.75, 3.05) is 41.1 Å². The zero-order chi connectivity index (χ0) is 16.4. The van der Waals surface area contributed by atoms with E-state index in [1.807, 2.05) is 6.92 Å². The van der Waals surface area contributed by atoms with Crippen LogP contribution < -0.4 is 5.32 Å². The molecule has 2 N–H and O–H groups in total.